The first kappa shape index (κ1) is 14.2. The lowest BCUT2D eigenvalue weighted by Gasteiger charge is -2.15. The van der Waals surface area contributed by atoms with Crippen molar-refractivity contribution in [2.24, 2.45) is 17.8 Å². The highest BCUT2D eigenvalue weighted by molar-refractivity contribution is 5.88. The summed E-state index contributed by atoms with van der Waals surface area (Å²) in [6.07, 6.45) is 4.85. The third kappa shape index (κ3) is 2.57. The zero-order valence-corrected chi connectivity index (χ0v) is 12.5. The third-order valence-corrected chi connectivity index (χ3v) is 4.91. The number of amides is 1. The molecule has 2 fully saturated rings. The minimum atomic E-state index is -0.996. The van der Waals surface area contributed by atoms with Gasteiger partial charge in [0.15, 0.2) is 0 Å². The molecular weight excluding hydrogens is 270 g/mol. The van der Waals surface area contributed by atoms with Crippen molar-refractivity contribution in [2.75, 3.05) is 7.05 Å². The highest BCUT2D eigenvalue weighted by Crippen LogP contribution is 2.56. The maximum Gasteiger partial charge on any atom is 0.339 e. The number of carbonyl (C=O) groups excluding carboxylic acids is 1. The Labute approximate surface area is 123 Å². The Morgan fingerprint density at radius 1 is 1.33 bits per heavy atom. The van der Waals surface area contributed by atoms with E-state index < -0.39 is 5.97 Å². The van der Waals surface area contributed by atoms with Crippen molar-refractivity contribution in [3.8, 4) is 0 Å². The van der Waals surface area contributed by atoms with Crippen LogP contribution in [0.25, 0.3) is 0 Å². The first-order valence-electron chi connectivity index (χ1n) is 7.56. The van der Waals surface area contributed by atoms with E-state index in [1.165, 1.54) is 31.7 Å². The molecule has 5 heteroatoms. The molecule has 2 atom stereocenters. The molecule has 2 saturated carbocycles. The second-order valence-corrected chi connectivity index (χ2v) is 6.32. The summed E-state index contributed by atoms with van der Waals surface area (Å²) in [5.74, 6) is 1.46. The largest absolute Gasteiger partial charge is 0.478 e. The number of carboxylic acid groups (broad SMARTS) is 1. The molecular formula is C16H21NO4. The van der Waals surface area contributed by atoms with Gasteiger partial charge in [-0.15, -0.1) is 0 Å². The highest BCUT2D eigenvalue weighted by atomic mass is 16.4. The summed E-state index contributed by atoms with van der Waals surface area (Å²) < 4.78 is 5.44. The molecule has 5 nitrogen and oxygen atoms in total. The molecule has 1 N–H and O–H groups in total. The number of carbonyl (C=O) groups is 2. The van der Waals surface area contributed by atoms with E-state index in [1.54, 1.807) is 18.9 Å². The van der Waals surface area contributed by atoms with Crippen LogP contribution in [0.1, 0.15) is 47.6 Å². The molecule has 21 heavy (non-hydrogen) atoms. The Balaban J connectivity index is 1.63. The fourth-order valence-electron chi connectivity index (χ4n) is 3.76. The summed E-state index contributed by atoms with van der Waals surface area (Å²) in [6.45, 7) is 1.97. The zero-order chi connectivity index (χ0) is 15.1. The second-order valence-electron chi connectivity index (χ2n) is 6.32. The lowest BCUT2D eigenvalue weighted by atomic mass is 10.0. The van der Waals surface area contributed by atoms with Gasteiger partial charge in [0.25, 0.3) is 0 Å². The van der Waals surface area contributed by atoms with E-state index in [-0.39, 0.29) is 17.4 Å². The number of fused-ring (bicyclic) bond motifs is 1. The fourth-order valence-corrected chi connectivity index (χ4v) is 3.76. The molecule has 1 aromatic heterocycles. The van der Waals surface area contributed by atoms with Crippen LogP contribution >= 0.6 is 0 Å². The van der Waals surface area contributed by atoms with Gasteiger partial charge in [0.05, 0.1) is 6.54 Å². The maximum absolute atomic E-state index is 12.5. The van der Waals surface area contributed by atoms with Crippen LogP contribution in [0.5, 0.6) is 0 Å². The van der Waals surface area contributed by atoms with Crippen molar-refractivity contribution < 1.29 is 19.1 Å². The number of aromatic carboxylic acids is 1. The van der Waals surface area contributed by atoms with E-state index in [2.05, 4.69) is 0 Å². The van der Waals surface area contributed by atoms with E-state index >= 15 is 0 Å². The smallest absolute Gasteiger partial charge is 0.339 e. The second kappa shape index (κ2) is 5.20. The number of nitrogens with zero attached hydrogens (tertiary/aromatic N) is 1. The van der Waals surface area contributed by atoms with Gasteiger partial charge in [0.1, 0.15) is 17.1 Å². The van der Waals surface area contributed by atoms with Gasteiger partial charge in [0.2, 0.25) is 5.91 Å². The average Bonchev–Trinajstić information content (AvgIpc) is 3.06. The minimum Gasteiger partial charge on any atom is -0.478 e. The summed E-state index contributed by atoms with van der Waals surface area (Å²) in [4.78, 5) is 25.1. The summed E-state index contributed by atoms with van der Waals surface area (Å²) in [5, 5.41) is 9.02. The average molecular weight is 291 g/mol. The Hall–Kier alpha value is -1.78. The molecule has 0 spiro atoms. The van der Waals surface area contributed by atoms with E-state index in [1.807, 2.05) is 0 Å². The third-order valence-electron chi connectivity index (χ3n) is 4.91. The number of carboxylic acids is 1. The Bertz CT molecular complexity index is 565. The summed E-state index contributed by atoms with van der Waals surface area (Å²) >= 11 is 0. The predicted octanol–water partition coefficient (Wildman–Crippen LogP) is 2.68. The molecule has 114 valence electrons. The number of rotatable bonds is 4. The molecule has 2 aliphatic carbocycles. The number of furan rings is 1. The van der Waals surface area contributed by atoms with Crippen molar-refractivity contribution in [3.05, 3.63) is 23.2 Å². The van der Waals surface area contributed by atoms with Crippen LogP contribution in [0.15, 0.2) is 10.5 Å². The normalized spacial score (nSPS) is 27.0. The van der Waals surface area contributed by atoms with E-state index in [0.717, 1.165) is 0 Å². The molecule has 1 amide bonds. The molecule has 0 aromatic carbocycles. The first-order valence-corrected chi connectivity index (χ1v) is 7.56. The number of hydrogen-bond acceptors (Lipinski definition) is 3. The van der Waals surface area contributed by atoms with E-state index in [4.69, 9.17) is 9.52 Å². The van der Waals surface area contributed by atoms with Gasteiger partial charge in [-0.05, 0) is 37.7 Å². The van der Waals surface area contributed by atoms with Crippen molar-refractivity contribution in [3.63, 3.8) is 0 Å². The van der Waals surface area contributed by atoms with E-state index in [9.17, 15) is 9.59 Å². The monoisotopic (exact) mass is 291 g/mol. The van der Waals surface area contributed by atoms with Crippen molar-refractivity contribution in [1.82, 2.24) is 4.90 Å². The van der Waals surface area contributed by atoms with Crippen LogP contribution in [0, 0.1) is 24.7 Å². The molecule has 0 aliphatic heterocycles. The van der Waals surface area contributed by atoms with Crippen molar-refractivity contribution in [2.45, 2.75) is 39.2 Å². The Morgan fingerprint density at radius 3 is 2.48 bits per heavy atom. The Morgan fingerprint density at radius 2 is 1.95 bits per heavy atom. The van der Waals surface area contributed by atoms with Gasteiger partial charge in [-0.2, -0.15) is 0 Å². The molecule has 3 rings (SSSR count). The minimum absolute atomic E-state index is 0.172. The SMILES string of the molecule is Cc1oc(CN(C)C(=O)C2C3CCCCC32)cc1C(=O)O. The van der Waals surface area contributed by atoms with Crippen LogP contribution in [0.4, 0.5) is 0 Å². The van der Waals surface area contributed by atoms with Gasteiger partial charge in [0, 0.05) is 13.0 Å². The lowest BCUT2D eigenvalue weighted by Crippen LogP contribution is -2.28. The van der Waals surface area contributed by atoms with Gasteiger partial charge < -0.3 is 14.4 Å². The molecule has 1 aromatic rings. The molecule has 1 heterocycles. The predicted molar refractivity (Wildman–Crippen MR) is 75.8 cm³/mol. The highest BCUT2D eigenvalue weighted by Gasteiger charge is 2.55. The van der Waals surface area contributed by atoms with E-state index in [0.29, 0.717) is 29.9 Å². The van der Waals surface area contributed by atoms with Crippen molar-refractivity contribution in [1.29, 1.82) is 0 Å². The first-order chi connectivity index (χ1) is 9.99. The lowest BCUT2D eigenvalue weighted by molar-refractivity contribution is -0.132. The molecule has 2 unspecified atom stereocenters. The van der Waals surface area contributed by atoms with Gasteiger partial charge >= 0.3 is 5.97 Å². The van der Waals surface area contributed by atoms with Crippen LogP contribution in [-0.2, 0) is 11.3 Å². The molecule has 0 saturated heterocycles. The van der Waals surface area contributed by atoms with Crippen LogP contribution in [-0.4, -0.2) is 28.9 Å². The topological polar surface area (TPSA) is 70.8 Å². The van der Waals surface area contributed by atoms with Gasteiger partial charge in [-0.1, -0.05) is 12.8 Å². The summed E-state index contributed by atoms with van der Waals surface area (Å²) in [6, 6.07) is 1.52. The fraction of sp³-hybridized carbons (Fsp3) is 0.625. The summed E-state index contributed by atoms with van der Waals surface area (Å²) in [7, 11) is 1.77. The quantitative estimate of drug-likeness (QED) is 0.926. The maximum atomic E-state index is 12.5. The molecule has 2 aliphatic rings. The summed E-state index contributed by atoms with van der Waals surface area (Å²) in [5.41, 5.74) is 0.172. The van der Waals surface area contributed by atoms with Gasteiger partial charge in [-0.25, -0.2) is 4.79 Å². The molecule has 0 bridgehead atoms. The van der Waals surface area contributed by atoms with Crippen LogP contribution in [0.3, 0.4) is 0 Å². The van der Waals surface area contributed by atoms with Crippen LogP contribution in [0.2, 0.25) is 0 Å². The zero-order valence-electron chi connectivity index (χ0n) is 12.5. The number of hydrogen-bond donors (Lipinski definition) is 1. The molecule has 0 radical (unpaired) electrons. The Kier molecular flexibility index (Phi) is 3.51. The van der Waals surface area contributed by atoms with Crippen molar-refractivity contribution >= 4 is 11.9 Å². The van der Waals surface area contributed by atoms with Gasteiger partial charge in [-0.3, -0.25) is 4.79 Å². The number of aryl methyl sites for hydroxylation is 1. The van der Waals surface area contributed by atoms with Crippen LogP contribution < -0.4 is 0 Å². The standard InChI is InChI=1S/C16H21NO4/c1-9-13(16(19)20)7-10(21-9)8-17(2)15(18)14-11-5-3-4-6-12(11)14/h7,11-12,14H,3-6,8H2,1-2H3,(H,19,20).